The molecule has 0 atom stereocenters. The Morgan fingerprint density at radius 3 is 0.613 bits per heavy atom. The summed E-state index contributed by atoms with van der Waals surface area (Å²) in [5.41, 5.74) is 25.9. The van der Waals surface area contributed by atoms with Crippen molar-refractivity contribution in [3.8, 4) is 55.6 Å². The van der Waals surface area contributed by atoms with E-state index in [-0.39, 0.29) is 0 Å². The van der Waals surface area contributed by atoms with Crippen LogP contribution in [0.2, 0.25) is 0 Å². The molecular weight excluding hydrogens is 961 g/mol. The average Bonchev–Trinajstić information content (AvgIpc) is 3.55. The van der Waals surface area contributed by atoms with Crippen molar-refractivity contribution < 1.29 is 0 Å². The smallest absolute Gasteiger partial charge is 0.0105 e. The molecule has 0 radical (unpaired) electrons. The van der Waals surface area contributed by atoms with Crippen molar-refractivity contribution in [3.63, 3.8) is 0 Å². The molecule has 0 aliphatic carbocycles. The fourth-order valence-electron chi connectivity index (χ4n) is 10.4. The van der Waals surface area contributed by atoms with Gasteiger partial charge in [0, 0.05) is 0 Å². The molecule has 0 bridgehead atoms. The minimum absolute atomic E-state index is 1.14. The van der Waals surface area contributed by atoms with Gasteiger partial charge in [-0.3, -0.25) is 0 Å². The summed E-state index contributed by atoms with van der Waals surface area (Å²) >= 11 is 0. The van der Waals surface area contributed by atoms with Crippen LogP contribution in [0.5, 0.6) is 0 Å². The molecule has 80 heavy (non-hydrogen) atoms. The Labute approximate surface area is 471 Å². The average molecular weight is 1020 g/mol. The molecule has 378 valence electrons. The number of rotatable bonds is 15. The van der Waals surface area contributed by atoms with Crippen LogP contribution >= 0.6 is 0 Å². The predicted molar refractivity (Wildman–Crippen MR) is 344 cm³/mol. The highest BCUT2D eigenvalue weighted by Gasteiger charge is 2.12. The molecule has 0 heterocycles. The lowest BCUT2D eigenvalue weighted by Crippen LogP contribution is -1.91. The second kappa shape index (κ2) is 24.3. The van der Waals surface area contributed by atoms with E-state index in [9.17, 15) is 0 Å². The van der Waals surface area contributed by atoms with Crippen molar-refractivity contribution in [1.29, 1.82) is 0 Å². The summed E-state index contributed by atoms with van der Waals surface area (Å²) in [7, 11) is 0. The van der Waals surface area contributed by atoms with Crippen LogP contribution in [-0.4, -0.2) is 0 Å². The molecule has 12 aromatic carbocycles. The topological polar surface area (TPSA) is 0 Å². The maximum atomic E-state index is 2.34. The zero-order valence-corrected chi connectivity index (χ0v) is 44.5. The van der Waals surface area contributed by atoms with Crippen molar-refractivity contribution in [2.75, 3.05) is 0 Å². The first-order chi connectivity index (χ1) is 39.6. The normalized spacial score (nSPS) is 11.2. The zero-order chi connectivity index (χ0) is 53.7. The maximum absolute atomic E-state index is 2.34. The quantitative estimate of drug-likeness (QED) is 0.0898. The fourth-order valence-corrected chi connectivity index (χ4v) is 10.4. The predicted octanol–water partition coefficient (Wildman–Crippen LogP) is 21.5. The van der Waals surface area contributed by atoms with Crippen LogP contribution in [-0.2, 0) is 0 Å². The summed E-state index contributed by atoms with van der Waals surface area (Å²) in [6.45, 7) is 0. The van der Waals surface area contributed by atoms with Crippen LogP contribution in [0.4, 0.5) is 0 Å². The molecule has 12 aromatic rings. The van der Waals surface area contributed by atoms with Crippen molar-refractivity contribution >= 4 is 47.6 Å². The van der Waals surface area contributed by atoms with Crippen LogP contribution in [0.25, 0.3) is 103 Å². The number of benzene rings is 12. The second-order valence-corrected chi connectivity index (χ2v) is 20.1. The third-order valence-electron chi connectivity index (χ3n) is 14.9. The van der Waals surface area contributed by atoms with E-state index in [1.165, 1.54) is 89.0 Å². The lowest BCUT2D eigenvalue weighted by Gasteiger charge is -2.13. The minimum atomic E-state index is 1.14. The minimum Gasteiger partial charge on any atom is -0.0622 e. The van der Waals surface area contributed by atoms with Crippen molar-refractivity contribution in [2.45, 2.75) is 0 Å². The summed E-state index contributed by atoms with van der Waals surface area (Å²) in [4.78, 5) is 0. The van der Waals surface area contributed by atoms with E-state index in [4.69, 9.17) is 0 Å². The number of hydrogen-bond acceptors (Lipinski definition) is 0. The second-order valence-electron chi connectivity index (χ2n) is 20.1. The Bertz CT molecular complexity index is 3640. The summed E-state index contributed by atoms with van der Waals surface area (Å²) < 4.78 is 0. The van der Waals surface area contributed by atoms with Gasteiger partial charge in [0.2, 0.25) is 0 Å². The van der Waals surface area contributed by atoms with E-state index in [1.807, 2.05) is 0 Å². The Morgan fingerprint density at radius 2 is 0.362 bits per heavy atom. The molecule has 0 aliphatic heterocycles. The monoisotopic (exact) mass is 1020 g/mol. The van der Waals surface area contributed by atoms with Gasteiger partial charge < -0.3 is 0 Å². The van der Waals surface area contributed by atoms with E-state index in [1.54, 1.807) is 0 Å². The fraction of sp³-hybridized carbons (Fsp3) is 0. The van der Waals surface area contributed by atoms with E-state index in [0.29, 0.717) is 0 Å². The summed E-state index contributed by atoms with van der Waals surface area (Å²) in [5.74, 6) is 0. The first kappa shape index (κ1) is 50.4. The molecule has 0 unspecified atom stereocenters. The molecule has 0 aromatic heterocycles. The molecule has 0 saturated carbocycles. The van der Waals surface area contributed by atoms with Gasteiger partial charge in [0.1, 0.15) is 0 Å². The van der Waals surface area contributed by atoms with Crippen molar-refractivity contribution in [2.24, 2.45) is 0 Å². The van der Waals surface area contributed by atoms with E-state index < -0.39 is 0 Å². The molecule has 0 spiro atoms. The summed E-state index contributed by atoms with van der Waals surface area (Å²) in [6.07, 6.45) is 13.6. The molecule has 0 amide bonds. The van der Waals surface area contributed by atoms with Crippen LogP contribution in [0.3, 0.4) is 0 Å². The zero-order valence-electron chi connectivity index (χ0n) is 44.5. The Balaban J connectivity index is 0.770. The Kier molecular flexibility index (Phi) is 15.3. The SMILES string of the molecule is C(=Cc1ccccc1C=C(c1ccc(-c2ccccc2)cc1)c1ccc(-c2ccccc2)cc1)c1ccc(-c2ccc(C=Cc3ccccc3C=C(c3ccc(-c4ccccc4)cc3)c3ccc(-c4ccccc4)cc3)cc2)cc1. The van der Waals surface area contributed by atoms with Gasteiger partial charge in [-0.15, -0.1) is 0 Å². The molecular formula is C80H58. The van der Waals surface area contributed by atoms with Gasteiger partial charge in [0.25, 0.3) is 0 Å². The van der Waals surface area contributed by atoms with Gasteiger partial charge in [0.05, 0.1) is 0 Å². The maximum Gasteiger partial charge on any atom is -0.0105 e. The van der Waals surface area contributed by atoms with Gasteiger partial charge in [-0.2, -0.15) is 0 Å². The third kappa shape index (κ3) is 12.1. The van der Waals surface area contributed by atoms with Crippen LogP contribution < -0.4 is 0 Å². The molecule has 0 saturated heterocycles. The molecule has 0 aliphatic rings. The van der Waals surface area contributed by atoms with E-state index in [2.05, 4.69) is 352 Å². The molecule has 12 rings (SSSR count). The summed E-state index contributed by atoms with van der Waals surface area (Å²) in [6, 6.07) is 113. The van der Waals surface area contributed by atoms with E-state index in [0.717, 1.165) is 33.4 Å². The van der Waals surface area contributed by atoms with Crippen molar-refractivity contribution in [1.82, 2.24) is 0 Å². The van der Waals surface area contributed by atoms with Crippen molar-refractivity contribution in [3.05, 3.63) is 371 Å². The molecule has 0 heteroatoms. The standard InChI is InChI=1S/C80H58/c1-5-17-61(18-6-1)69-41-49-73(50-42-69)79(74-51-43-70(44-52-74)62-19-7-2-8-20-62)57-77-27-15-13-25-65(77)35-29-59-31-37-67(38-32-59)68-39-33-60(34-40-68)30-36-66-26-14-16-28-78(66)58-80(75-53-45-71(46-54-75)63-21-9-3-10-22-63)76-55-47-72(48-56-76)64-23-11-4-12-24-64/h1-58H. The molecule has 0 fully saturated rings. The highest BCUT2D eigenvalue weighted by atomic mass is 14.2. The van der Waals surface area contributed by atoms with Gasteiger partial charge in [-0.25, -0.2) is 0 Å². The highest BCUT2D eigenvalue weighted by Crippen LogP contribution is 2.34. The van der Waals surface area contributed by atoms with Crippen LogP contribution in [0.15, 0.2) is 315 Å². The van der Waals surface area contributed by atoms with Gasteiger partial charge in [-0.05, 0) is 135 Å². The van der Waals surface area contributed by atoms with Crippen LogP contribution in [0, 0.1) is 0 Å². The number of hydrogen-bond donors (Lipinski definition) is 0. The first-order valence-corrected chi connectivity index (χ1v) is 27.5. The van der Waals surface area contributed by atoms with E-state index >= 15 is 0 Å². The molecule has 0 nitrogen and oxygen atoms in total. The highest BCUT2D eigenvalue weighted by molar-refractivity contribution is 5.96. The van der Waals surface area contributed by atoms with Gasteiger partial charge >= 0.3 is 0 Å². The third-order valence-corrected chi connectivity index (χ3v) is 14.9. The van der Waals surface area contributed by atoms with Crippen LogP contribution in [0.1, 0.15) is 55.6 Å². The largest absolute Gasteiger partial charge is 0.0622 e. The van der Waals surface area contributed by atoms with Gasteiger partial charge in [-0.1, -0.05) is 340 Å². The van der Waals surface area contributed by atoms with Gasteiger partial charge in [0.15, 0.2) is 0 Å². The Morgan fingerprint density at radius 1 is 0.163 bits per heavy atom. The lowest BCUT2D eigenvalue weighted by molar-refractivity contribution is 1.53. The Hall–Kier alpha value is -10.4. The summed E-state index contributed by atoms with van der Waals surface area (Å²) in [5, 5.41) is 0. The molecule has 0 N–H and O–H groups in total. The first-order valence-electron chi connectivity index (χ1n) is 27.5. The lowest BCUT2D eigenvalue weighted by atomic mass is 9.91.